The Labute approximate surface area is 111 Å². The second-order valence-corrected chi connectivity index (χ2v) is 5.97. The SMILES string of the molecule is Cc1ccc(NC(=O)CNC(C)(C)C)cc1Br. The molecule has 0 saturated heterocycles. The molecule has 17 heavy (non-hydrogen) atoms. The van der Waals surface area contributed by atoms with E-state index in [1.54, 1.807) is 0 Å². The molecule has 0 aliphatic rings. The largest absolute Gasteiger partial charge is 0.325 e. The Bertz CT molecular complexity index is 410. The highest BCUT2D eigenvalue weighted by Gasteiger charge is 2.11. The third-order valence-electron chi connectivity index (χ3n) is 2.23. The quantitative estimate of drug-likeness (QED) is 0.900. The number of halogens is 1. The van der Waals surface area contributed by atoms with Gasteiger partial charge in [-0.05, 0) is 45.4 Å². The molecular weight excluding hydrogens is 280 g/mol. The fourth-order valence-electron chi connectivity index (χ4n) is 1.22. The van der Waals surface area contributed by atoms with Crippen molar-refractivity contribution in [3.05, 3.63) is 28.2 Å². The summed E-state index contributed by atoms with van der Waals surface area (Å²) < 4.78 is 0.999. The van der Waals surface area contributed by atoms with E-state index in [4.69, 9.17) is 0 Å². The molecule has 1 amide bonds. The standard InChI is InChI=1S/C13H19BrN2O/c1-9-5-6-10(7-11(9)14)16-12(17)8-15-13(2,3)4/h5-7,15H,8H2,1-4H3,(H,16,17). The monoisotopic (exact) mass is 298 g/mol. The molecule has 1 rings (SSSR count). The van der Waals surface area contributed by atoms with Gasteiger partial charge in [0.1, 0.15) is 0 Å². The van der Waals surface area contributed by atoms with Gasteiger partial charge in [-0.25, -0.2) is 0 Å². The van der Waals surface area contributed by atoms with Crippen molar-refractivity contribution >= 4 is 27.5 Å². The molecule has 0 radical (unpaired) electrons. The second-order valence-electron chi connectivity index (χ2n) is 5.12. The second kappa shape index (κ2) is 5.65. The van der Waals surface area contributed by atoms with Crippen molar-refractivity contribution < 1.29 is 4.79 Å². The van der Waals surface area contributed by atoms with E-state index in [9.17, 15) is 4.79 Å². The Kier molecular flexibility index (Phi) is 4.71. The van der Waals surface area contributed by atoms with Crippen LogP contribution in [-0.2, 0) is 4.79 Å². The van der Waals surface area contributed by atoms with Gasteiger partial charge in [0.15, 0.2) is 0 Å². The average molecular weight is 299 g/mol. The van der Waals surface area contributed by atoms with Crippen LogP contribution < -0.4 is 10.6 Å². The topological polar surface area (TPSA) is 41.1 Å². The highest BCUT2D eigenvalue weighted by atomic mass is 79.9. The van der Waals surface area contributed by atoms with Crippen molar-refractivity contribution in [2.45, 2.75) is 33.2 Å². The molecule has 1 aromatic carbocycles. The highest BCUT2D eigenvalue weighted by molar-refractivity contribution is 9.10. The van der Waals surface area contributed by atoms with Gasteiger partial charge < -0.3 is 10.6 Å². The smallest absolute Gasteiger partial charge is 0.238 e. The summed E-state index contributed by atoms with van der Waals surface area (Å²) in [7, 11) is 0. The van der Waals surface area contributed by atoms with Gasteiger partial charge in [0.05, 0.1) is 6.54 Å². The molecule has 0 bridgehead atoms. The molecule has 2 N–H and O–H groups in total. The number of benzene rings is 1. The first-order chi connectivity index (χ1) is 7.78. The summed E-state index contributed by atoms with van der Waals surface area (Å²) in [4.78, 5) is 11.7. The highest BCUT2D eigenvalue weighted by Crippen LogP contribution is 2.20. The predicted octanol–water partition coefficient (Wildman–Crippen LogP) is 3.08. The lowest BCUT2D eigenvalue weighted by molar-refractivity contribution is -0.115. The van der Waals surface area contributed by atoms with Crippen LogP contribution in [-0.4, -0.2) is 18.0 Å². The van der Waals surface area contributed by atoms with E-state index in [1.165, 1.54) is 0 Å². The third-order valence-corrected chi connectivity index (χ3v) is 3.09. The van der Waals surface area contributed by atoms with Crippen molar-refractivity contribution in [2.75, 3.05) is 11.9 Å². The van der Waals surface area contributed by atoms with E-state index in [2.05, 4.69) is 26.6 Å². The van der Waals surface area contributed by atoms with E-state index >= 15 is 0 Å². The molecule has 0 atom stereocenters. The molecule has 94 valence electrons. The fourth-order valence-corrected chi connectivity index (χ4v) is 1.60. The van der Waals surface area contributed by atoms with Crippen molar-refractivity contribution in [3.8, 4) is 0 Å². The molecule has 0 aromatic heterocycles. The van der Waals surface area contributed by atoms with Gasteiger partial charge in [0.2, 0.25) is 5.91 Å². The fraction of sp³-hybridized carbons (Fsp3) is 0.462. The molecule has 0 saturated carbocycles. The summed E-state index contributed by atoms with van der Waals surface area (Å²) in [6, 6.07) is 5.77. The molecule has 4 heteroatoms. The van der Waals surface area contributed by atoms with Crippen LogP contribution in [0.3, 0.4) is 0 Å². The lowest BCUT2D eigenvalue weighted by Gasteiger charge is -2.20. The maximum Gasteiger partial charge on any atom is 0.238 e. The zero-order valence-corrected chi connectivity index (χ0v) is 12.3. The zero-order valence-electron chi connectivity index (χ0n) is 10.7. The number of nitrogens with one attached hydrogen (secondary N) is 2. The molecule has 0 aliphatic heterocycles. The lowest BCUT2D eigenvalue weighted by Crippen LogP contribution is -2.41. The maximum absolute atomic E-state index is 11.7. The van der Waals surface area contributed by atoms with Gasteiger partial charge in [0, 0.05) is 15.7 Å². The van der Waals surface area contributed by atoms with Crippen LogP contribution in [0.15, 0.2) is 22.7 Å². The summed E-state index contributed by atoms with van der Waals surface area (Å²) in [6.45, 7) is 8.42. The minimum Gasteiger partial charge on any atom is -0.325 e. The van der Waals surface area contributed by atoms with Crippen LogP contribution in [0.5, 0.6) is 0 Å². The van der Waals surface area contributed by atoms with Gasteiger partial charge in [-0.1, -0.05) is 22.0 Å². The Morgan fingerprint density at radius 3 is 2.53 bits per heavy atom. The van der Waals surface area contributed by atoms with Crippen LogP contribution >= 0.6 is 15.9 Å². The van der Waals surface area contributed by atoms with Gasteiger partial charge in [-0.15, -0.1) is 0 Å². The van der Waals surface area contributed by atoms with E-state index in [-0.39, 0.29) is 11.4 Å². The number of carbonyl (C=O) groups excluding carboxylic acids is 1. The van der Waals surface area contributed by atoms with Gasteiger partial charge in [0.25, 0.3) is 0 Å². The zero-order chi connectivity index (χ0) is 13.1. The molecule has 0 spiro atoms. The van der Waals surface area contributed by atoms with Gasteiger partial charge >= 0.3 is 0 Å². The number of hydrogen-bond donors (Lipinski definition) is 2. The van der Waals surface area contributed by atoms with Gasteiger partial charge in [-0.3, -0.25) is 4.79 Å². The Morgan fingerprint density at radius 2 is 2.00 bits per heavy atom. The molecule has 0 fully saturated rings. The minimum absolute atomic E-state index is 0.0318. The number of hydrogen-bond acceptors (Lipinski definition) is 2. The Hall–Kier alpha value is -0.870. The number of carbonyl (C=O) groups is 1. The van der Waals surface area contributed by atoms with E-state index in [1.807, 2.05) is 45.9 Å². The first-order valence-electron chi connectivity index (χ1n) is 5.59. The average Bonchev–Trinajstić information content (AvgIpc) is 2.20. The van der Waals surface area contributed by atoms with E-state index < -0.39 is 0 Å². The summed E-state index contributed by atoms with van der Waals surface area (Å²) >= 11 is 3.44. The summed E-state index contributed by atoms with van der Waals surface area (Å²) in [5, 5.41) is 6.00. The first-order valence-corrected chi connectivity index (χ1v) is 6.38. The lowest BCUT2D eigenvalue weighted by atomic mass is 10.1. The van der Waals surface area contributed by atoms with Crippen LogP contribution in [0.4, 0.5) is 5.69 Å². The van der Waals surface area contributed by atoms with Crippen LogP contribution in [0.1, 0.15) is 26.3 Å². The third kappa shape index (κ3) is 5.33. The molecule has 3 nitrogen and oxygen atoms in total. The first kappa shape index (κ1) is 14.2. The number of rotatable bonds is 3. The van der Waals surface area contributed by atoms with E-state index in [0.717, 1.165) is 15.7 Å². The van der Waals surface area contributed by atoms with Crippen LogP contribution in [0.25, 0.3) is 0 Å². The number of amides is 1. The van der Waals surface area contributed by atoms with Crippen molar-refractivity contribution in [3.63, 3.8) is 0 Å². The predicted molar refractivity (Wildman–Crippen MR) is 75.3 cm³/mol. The normalized spacial score (nSPS) is 11.4. The molecule has 0 heterocycles. The van der Waals surface area contributed by atoms with Crippen molar-refractivity contribution in [1.29, 1.82) is 0 Å². The van der Waals surface area contributed by atoms with E-state index in [0.29, 0.717) is 6.54 Å². The Balaban J connectivity index is 2.54. The van der Waals surface area contributed by atoms with Crippen molar-refractivity contribution in [2.24, 2.45) is 0 Å². The summed E-state index contributed by atoms with van der Waals surface area (Å²) in [5.41, 5.74) is 1.91. The van der Waals surface area contributed by atoms with Gasteiger partial charge in [-0.2, -0.15) is 0 Å². The van der Waals surface area contributed by atoms with Crippen molar-refractivity contribution in [1.82, 2.24) is 5.32 Å². The maximum atomic E-state index is 11.7. The van der Waals surface area contributed by atoms with Crippen LogP contribution in [0.2, 0.25) is 0 Å². The molecule has 0 aliphatic carbocycles. The minimum atomic E-state index is -0.0504. The summed E-state index contributed by atoms with van der Waals surface area (Å²) in [5.74, 6) is -0.0318. The number of aryl methyl sites for hydroxylation is 1. The number of anilines is 1. The molecule has 0 unspecified atom stereocenters. The Morgan fingerprint density at radius 1 is 1.35 bits per heavy atom. The summed E-state index contributed by atoms with van der Waals surface area (Å²) in [6.07, 6.45) is 0. The van der Waals surface area contributed by atoms with Crippen LogP contribution in [0, 0.1) is 6.92 Å². The molecular formula is C13H19BrN2O. The molecule has 1 aromatic rings.